The number of benzene rings is 2. The molecule has 0 aliphatic heterocycles. The zero-order valence-electron chi connectivity index (χ0n) is 15.2. The van der Waals surface area contributed by atoms with E-state index in [1.54, 1.807) is 6.07 Å². The standard InChI is InChI=1S/C19H24N2O5S/c1-2-15-14-17(27(20,23)24)8-9-18(15)26-13-11-21-19(22)10-12-25-16-6-4-3-5-7-16/h3-9,14H,2,10-13H2,1H3,(H,21,22)(H2,20,23,24). The van der Waals surface area contributed by atoms with E-state index in [9.17, 15) is 13.2 Å². The number of rotatable bonds is 10. The lowest BCUT2D eigenvalue weighted by Gasteiger charge is -2.12. The summed E-state index contributed by atoms with van der Waals surface area (Å²) < 4.78 is 33.9. The molecule has 0 saturated heterocycles. The first-order valence-electron chi connectivity index (χ1n) is 8.63. The summed E-state index contributed by atoms with van der Waals surface area (Å²) in [6.45, 7) is 2.80. The predicted molar refractivity (Wildman–Crippen MR) is 102 cm³/mol. The predicted octanol–water partition coefficient (Wildman–Crippen LogP) is 1.86. The topological polar surface area (TPSA) is 108 Å². The molecule has 0 aliphatic carbocycles. The number of hydrogen-bond acceptors (Lipinski definition) is 5. The molecule has 2 aromatic rings. The summed E-state index contributed by atoms with van der Waals surface area (Å²) in [5, 5.41) is 7.89. The minimum Gasteiger partial charge on any atom is -0.493 e. The van der Waals surface area contributed by atoms with Crippen molar-refractivity contribution >= 4 is 15.9 Å². The molecule has 0 aliphatic rings. The monoisotopic (exact) mass is 392 g/mol. The number of aryl methyl sites for hydroxylation is 1. The van der Waals surface area contributed by atoms with Crippen molar-refractivity contribution < 1.29 is 22.7 Å². The van der Waals surface area contributed by atoms with E-state index in [1.165, 1.54) is 12.1 Å². The second-order valence-corrected chi connectivity index (χ2v) is 7.34. The van der Waals surface area contributed by atoms with Crippen molar-refractivity contribution in [2.24, 2.45) is 5.14 Å². The van der Waals surface area contributed by atoms with Crippen LogP contribution in [0.25, 0.3) is 0 Å². The van der Waals surface area contributed by atoms with Crippen LogP contribution in [0.5, 0.6) is 11.5 Å². The number of ether oxygens (including phenoxy) is 2. The molecule has 0 unspecified atom stereocenters. The first-order chi connectivity index (χ1) is 12.9. The fourth-order valence-electron chi connectivity index (χ4n) is 2.37. The molecule has 0 spiro atoms. The molecule has 3 N–H and O–H groups in total. The van der Waals surface area contributed by atoms with E-state index in [0.717, 1.165) is 11.3 Å². The molecule has 146 valence electrons. The van der Waals surface area contributed by atoms with Crippen molar-refractivity contribution in [1.29, 1.82) is 0 Å². The number of sulfonamides is 1. The Labute approximate surface area is 159 Å². The summed E-state index contributed by atoms with van der Waals surface area (Å²) in [6, 6.07) is 13.8. The number of amides is 1. The van der Waals surface area contributed by atoms with Gasteiger partial charge in [0.1, 0.15) is 18.1 Å². The van der Waals surface area contributed by atoms with Crippen molar-refractivity contribution in [3.8, 4) is 11.5 Å². The molecule has 2 aromatic carbocycles. The van der Waals surface area contributed by atoms with Gasteiger partial charge in [0, 0.05) is 0 Å². The van der Waals surface area contributed by atoms with E-state index in [4.69, 9.17) is 14.6 Å². The second-order valence-electron chi connectivity index (χ2n) is 5.78. The molecule has 0 bridgehead atoms. The van der Waals surface area contributed by atoms with Crippen molar-refractivity contribution in [2.75, 3.05) is 19.8 Å². The summed E-state index contributed by atoms with van der Waals surface area (Å²) >= 11 is 0. The lowest BCUT2D eigenvalue weighted by atomic mass is 10.1. The Balaban J connectivity index is 1.72. The van der Waals surface area contributed by atoms with E-state index in [2.05, 4.69) is 5.32 Å². The van der Waals surface area contributed by atoms with Gasteiger partial charge in [0.25, 0.3) is 0 Å². The fourth-order valence-corrected chi connectivity index (χ4v) is 2.93. The lowest BCUT2D eigenvalue weighted by Crippen LogP contribution is -2.29. The van der Waals surface area contributed by atoms with E-state index in [-0.39, 0.29) is 23.8 Å². The number of nitrogens with one attached hydrogen (secondary N) is 1. The molecule has 0 atom stereocenters. The van der Waals surface area contributed by atoms with E-state index in [0.29, 0.717) is 25.3 Å². The first-order valence-corrected chi connectivity index (χ1v) is 10.2. The third-order valence-corrected chi connectivity index (χ3v) is 4.68. The molecule has 27 heavy (non-hydrogen) atoms. The summed E-state index contributed by atoms with van der Waals surface area (Å²) in [6.07, 6.45) is 0.847. The van der Waals surface area contributed by atoms with Gasteiger partial charge in [0.15, 0.2) is 0 Å². The molecule has 1 amide bonds. The number of nitrogens with two attached hydrogens (primary N) is 1. The van der Waals surface area contributed by atoms with Crippen molar-refractivity contribution in [3.63, 3.8) is 0 Å². The number of para-hydroxylation sites is 1. The van der Waals surface area contributed by atoms with Crippen LogP contribution in [0.2, 0.25) is 0 Å². The average molecular weight is 392 g/mol. The Bertz CT molecular complexity index is 854. The third-order valence-electron chi connectivity index (χ3n) is 3.76. The van der Waals surface area contributed by atoms with Crippen LogP contribution in [0.15, 0.2) is 53.4 Å². The van der Waals surface area contributed by atoms with Gasteiger partial charge in [-0.25, -0.2) is 13.6 Å². The van der Waals surface area contributed by atoms with Crippen LogP contribution in [0.1, 0.15) is 18.9 Å². The van der Waals surface area contributed by atoms with E-state index in [1.807, 2.05) is 37.3 Å². The Morgan fingerprint density at radius 2 is 1.81 bits per heavy atom. The molecule has 0 saturated carbocycles. The summed E-state index contributed by atoms with van der Waals surface area (Å²) in [5.74, 6) is 1.17. The maximum absolute atomic E-state index is 11.8. The minimum atomic E-state index is -3.74. The van der Waals surface area contributed by atoms with Gasteiger partial charge in [0.05, 0.1) is 24.5 Å². The molecule has 0 radical (unpaired) electrons. The fraction of sp³-hybridized carbons (Fsp3) is 0.316. The van der Waals surface area contributed by atoms with Gasteiger partial charge in [-0.3, -0.25) is 4.79 Å². The van der Waals surface area contributed by atoms with Gasteiger partial charge in [-0.15, -0.1) is 0 Å². The summed E-state index contributed by atoms with van der Waals surface area (Å²) in [4.78, 5) is 11.8. The Morgan fingerprint density at radius 3 is 2.48 bits per heavy atom. The molecular weight excluding hydrogens is 368 g/mol. The Hall–Kier alpha value is -2.58. The van der Waals surface area contributed by atoms with Crippen molar-refractivity contribution in [1.82, 2.24) is 5.32 Å². The average Bonchev–Trinajstić information content (AvgIpc) is 2.65. The van der Waals surface area contributed by atoms with Crippen LogP contribution < -0.4 is 19.9 Å². The van der Waals surface area contributed by atoms with Crippen LogP contribution in [-0.2, 0) is 21.2 Å². The second kappa shape index (κ2) is 9.94. The third kappa shape index (κ3) is 6.92. The molecular formula is C19H24N2O5S. The van der Waals surface area contributed by atoms with Gasteiger partial charge < -0.3 is 14.8 Å². The highest BCUT2D eigenvalue weighted by molar-refractivity contribution is 7.89. The highest BCUT2D eigenvalue weighted by Gasteiger charge is 2.11. The van der Waals surface area contributed by atoms with Crippen LogP contribution in [0.4, 0.5) is 0 Å². The van der Waals surface area contributed by atoms with Gasteiger partial charge in [-0.2, -0.15) is 0 Å². The molecule has 0 aromatic heterocycles. The smallest absolute Gasteiger partial charge is 0.238 e. The quantitative estimate of drug-likeness (QED) is 0.600. The normalized spacial score (nSPS) is 11.0. The first kappa shape index (κ1) is 20.7. The maximum atomic E-state index is 11.8. The summed E-state index contributed by atoms with van der Waals surface area (Å²) in [5.41, 5.74) is 0.740. The maximum Gasteiger partial charge on any atom is 0.238 e. The van der Waals surface area contributed by atoms with Crippen LogP contribution in [0.3, 0.4) is 0 Å². The molecule has 0 fully saturated rings. The number of primary sulfonamides is 1. The highest BCUT2D eigenvalue weighted by atomic mass is 32.2. The van der Waals surface area contributed by atoms with Crippen molar-refractivity contribution in [3.05, 3.63) is 54.1 Å². The van der Waals surface area contributed by atoms with Crippen LogP contribution in [-0.4, -0.2) is 34.1 Å². The minimum absolute atomic E-state index is 0.0541. The van der Waals surface area contributed by atoms with E-state index < -0.39 is 10.0 Å². The van der Waals surface area contributed by atoms with Crippen LogP contribution >= 0.6 is 0 Å². The lowest BCUT2D eigenvalue weighted by molar-refractivity contribution is -0.121. The van der Waals surface area contributed by atoms with Crippen LogP contribution in [0, 0.1) is 0 Å². The zero-order chi connectivity index (χ0) is 19.7. The largest absolute Gasteiger partial charge is 0.493 e. The van der Waals surface area contributed by atoms with Gasteiger partial charge in [0.2, 0.25) is 15.9 Å². The number of carbonyl (C=O) groups is 1. The Morgan fingerprint density at radius 1 is 1.07 bits per heavy atom. The number of hydrogen-bond donors (Lipinski definition) is 2. The highest BCUT2D eigenvalue weighted by Crippen LogP contribution is 2.22. The Kier molecular flexibility index (Phi) is 7.63. The molecule has 0 heterocycles. The zero-order valence-corrected chi connectivity index (χ0v) is 16.0. The number of carbonyl (C=O) groups excluding carboxylic acids is 1. The molecule has 2 rings (SSSR count). The molecule has 7 nitrogen and oxygen atoms in total. The van der Waals surface area contributed by atoms with Crippen molar-refractivity contribution in [2.45, 2.75) is 24.7 Å². The SMILES string of the molecule is CCc1cc(S(N)(=O)=O)ccc1OCCNC(=O)CCOc1ccccc1. The van der Waals surface area contributed by atoms with Gasteiger partial charge in [-0.1, -0.05) is 25.1 Å². The molecule has 8 heteroatoms. The van der Waals surface area contributed by atoms with E-state index >= 15 is 0 Å². The summed E-state index contributed by atoms with van der Waals surface area (Å²) in [7, 11) is -3.74. The van der Waals surface area contributed by atoms with Gasteiger partial charge >= 0.3 is 0 Å². The van der Waals surface area contributed by atoms with Gasteiger partial charge in [-0.05, 0) is 42.3 Å².